The van der Waals surface area contributed by atoms with Gasteiger partial charge in [-0.2, -0.15) is 0 Å². The van der Waals surface area contributed by atoms with Crippen LogP contribution in [-0.4, -0.2) is 45.6 Å². The van der Waals surface area contributed by atoms with E-state index < -0.39 is 11.9 Å². The van der Waals surface area contributed by atoms with Gasteiger partial charge in [-0.3, -0.25) is 0 Å². The monoisotopic (exact) mass is 460 g/mol. The summed E-state index contributed by atoms with van der Waals surface area (Å²) in [5, 5.41) is 35.3. The first-order valence-corrected chi connectivity index (χ1v) is 11.4. The zero-order chi connectivity index (χ0) is 25.2. The SMILES string of the molecule is CC(C)CC(CO)CC(CO)CC(C)C.O=C(O)c1ccccc1.O=C(O)c1ccccc1. The van der Waals surface area contributed by atoms with Gasteiger partial charge in [0, 0.05) is 13.2 Å². The molecule has 0 aromatic heterocycles. The van der Waals surface area contributed by atoms with Crippen molar-refractivity contribution in [1.29, 1.82) is 0 Å². The maximum Gasteiger partial charge on any atom is 0.335 e. The second-order valence-electron chi connectivity index (χ2n) is 8.93. The Balaban J connectivity index is 0.000000489. The van der Waals surface area contributed by atoms with E-state index in [0.29, 0.717) is 34.8 Å². The summed E-state index contributed by atoms with van der Waals surface area (Å²) in [6.07, 6.45) is 3.08. The van der Waals surface area contributed by atoms with E-state index in [4.69, 9.17) is 10.2 Å². The Morgan fingerprint density at radius 2 is 0.909 bits per heavy atom. The van der Waals surface area contributed by atoms with E-state index >= 15 is 0 Å². The number of aromatic carboxylic acids is 2. The molecular formula is C27H40O6. The Bertz CT molecular complexity index is 693. The van der Waals surface area contributed by atoms with Crippen LogP contribution in [0.25, 0.3) is 0 Å². The van der Waals surface area contributed by atoms with Crippen LogP contribution in [0.5, 0.6) is 0 Å². The van der Waals surface area contributed by atoms with Gasteiger partial charge in [-0.05, 0) is 67.2 Å². The van der Waals surface area contributed by atoms with Crippen molar-refractivity contribution in [2.75, 3.05) is 13.2 Å². The summed E-state index contributed by atoms with van der Waals surface area (Å²) in [5.41, 5.74) is 0.662. The van der Waals surface area contributed by atoms with Crippen molar-refractivity contribution in [2.24, 2.45) is 23.7 Å². The average Bonchev–Trinajstić information content (AvgIpc) is 2.79. The fourth-order valence-electron chi connectivity index (χ4n) is 3.46. The smallest absolute Gasteiger partial charge is 0.335 e. The number of carboxylic acids is 2. The van der Waals surface area contributed by atoms with Crippen molar-refractivity contribution in [3.8, 4) is 0 Å². The molecule has 6 nitrogen and oxygen atoms in total. The Morgan fingerprint density at radius 3 is 1.09 bits per heavy atom. The molecule has 0 fully saturated rings. The number of carbonyl (C=O) groups is 2. The van der Waals surface area contributed by atoms with Crippen LogP contribution in [0.15, 0.2) is 60.7 Å². The molecule has 0 heterocycles. The summed E-state index contributed by atoms with van der Waals surface area (Å²) >= 11 is 0. The van der Waals surface area contributed by atoms with Gasteiger partial charge in [0.05, 0.1) is 11.1 Å². The second kappa shape index (κ2) is 17.8. The van der Waals surface area contributed by atoms with Crippen LogP contribution in [0.4, 0.5) is 0 Å². The molecule has 0 saturated heterocycles. The van der Waals surface area contributed by atoms with E-state index in [1.807, 2.05) is 0 Å². The number of rotatable bonds is 10. The van der Waals surface area contributed by atoms with Crippen molar-refractivity contribution >= 4 is 11.9 Å². The van der Waals surface area contributed by atoms with Gasteiger partial charge < -0.3 is 20.4 Å². The van der Waals surface area contributed by atoms with Crippen molar-refractivity contribution in [3.63, 3.8) is 0 Å². The summed E-state index contributed by atoms with van der Waals surface area (Å²) in [6.45, 7) is 9.23. The van der Waals surface area contributed by atoms with E-state index in [1.165, 1.54) is 0 Å². The highest BCUT2D eigenvalue weighted by Gasteiger charge is 2.17. The number of hydrogen-bond donors (Lipinski definition) is 4. The standard InChI is InChI=1S/C13H28O2.2C7H6O2/c1-10(2)5-12(8-14)7-13(9-15)6-11(3)4;2*8-7(9)6-4-2-1-3-5-6/h10-15H,5-9H2,1-4H3;2*1-5H,(H,8,9). The van der Waals surface area contributed by atoms with Crippen molar-refractivity contribution in [1.82, 2.24) is 0 Å². The first-order valence-electron chi connectivity index (χ1n) is 11.4. The molecule has 0 aliphatic heterocycles. The Kier molecular flexibility index (Phi) is 16.4. The van der Waals surface area contributed by atoms with Crippen LogP contribution in [0.1, 0.15) is 67.7 Å². The van der Waals surface area contributed by atoms with Crippen LogP contribution >= 0.6 is 0 Å². The molecule has 4 N–H and O–H groups in total. The number of aliphatic hydroxyl groups excluding tert-OH is 2. The lowest BCUT2D eigenvalue weighted by molar-refractivity contribution is 0.0686. The number of aliphatic hydroxyl groups is 2. The van der Waals surface area contributed by atoms with Crippen molar-refractivity contribution in [3.05, 3.63) is 71.8 Å². The number of hydrogen-bond acceptors (Lipinski definition) is 4. The van der Waals surface area contributed by atoms with Gasteiger partial charge in [0.15, 0.2) is 0 Å². The van der Waals surface area contributed by atoms with Gasteiger partial charge in [0.2, 0.25) is 0 Å². The summed E-state index contributed by atoms with van der Waals surface area (Å²) in [5.74, 6) is 0.217. The molecule has 2 rings (SSSR count). The molecule has 2 atom stereocenters. The number of carboxylic acid groups (broad SMARTS) is 2. The quantitative estimate of drug-likeness (QED) is 0.374. The Morgan fingerprint density at radius 1 is 0.606 bits per heavy atom. The van der Waals surface area contributed by atoms with Gasteiger partial charge in [0.25, 0.3) is 0 Å². The van der Waals surface area contributed by atoms with Crippen LogP contribution in [-0.2, 0) is 0 Å². The molecule has 0 bridgehead atoms. The van der Waals surface area contributed by atoms with Gasteiger partial charge in [0.1, 0.15) is 0 Å². The second-order valence-corrected chi connectivity index (χ2v) is 8.93. The van der Waals surface area contributed by atoms with E-state index in [1.54, 1.807) is 60.7 Å². The van der Waals surface area contributed by atoms with E-state index in [0.717, 1.165) is 19.3 Å². The van der Waals surface area contributed by atoms with Crippen LogP contribution in [0.2, 0.25) is 0 Å². The Hall–Kier alpha value is -2.70. The summed E-state index contributed by atoms with van der Waals surface area (Å²) < 4.78 is 0. The predicted octanol–water partition coefficient (Wildman–Crippen LogP) is 5.46. The Labute approximate surface area is 197 Å². The molecule has 0 spiro atoms. The summed E-state index contributed by atoms with van der Waals surface area (Å²) in [4.78, 5) is 20.4. The van der Waals surface area contributed by atoms with E-state index in [2.05, 4.69) is 27.7 Å². The summed E-state index contributed by atoms with van der Waals surface area (Å²) in [7, 11) is 0. The lowest BCUT2D eigenvalue weighted by Gasteiger charge is -2.23. The topological polar surface area (TPSA) is 115 Å². The molecular weight excluding hydrogens is 420 g/mol. The lowest BCUT2D eigenvalue weighted by atomic mass is 9.85. The molecule has 0 radical (unpaired) electrons. The first kappa shape index (κ1) is 30.3. The third-order valence-electron chi connectivity index (χ3n) is 4.83. The normalized spacial score (nSPS) is 12.1. The summed E-state index contributed by atoms with van der Waals surface area (Å²) in [6, 6.07) is 16.6. The van der Waals surface area contributed by atoms with Gasteiger partial charge >= 0.3 is 11.9 Å². The molecule has 2 aromatic rings. The van der Waals surface area contributed by atoms with Crippen LogP contribution in [0.3, 0.4) is 0 Å². The third-order valence-corrected chi connectivity index (χ3v) is 4.83. The zero-order valence-electron chi connectivity index (χ0n) is 20.2. The fourth-order valence-corrected chi connectivity index (χ4v) is 3.46. The zero-order valence-corrected chi connectivity index (χ0v) is 20.2. The van der Waals surface area contributed by atoms with Crippen molar-refractivity contribution in [2.45, 2.75) is 47.0 Å². The molecule has 6 heteroatoms. The van der Waals surface area contributed by atoms with Crippen LogP contribution < -0.4 is 0 Å². The highest BCUT2D eigenvalue weighted by Crippen LogP contribution is 2.24. The maximum absolute atomic E-state index is 10.2. The van der Waals surface area contributed by atoms with Gasteiger partial charge in [-0.25, -0.2) is 9.59 Å². The highest BCUT2D eigenvalue weighted by molar-refractivity contribution is 5.87. The minimum Gasteiger partial charge on any atom is -0.478 e. The van der Waals surface area contributed by atoms with Gasteiger partial charge in [-0.15, -0.1) is 0 Å². The maximum atomic E-state index is 10.2. The lowest BCUT2D eigenvalue weighted by Crippen LogP contribution is -2.18. The fraction of sp³-hybridized carbons (Fsp3) is 0.481. The van der Waals surface area contributed by atoms with E-state index in [9.17, 15) is 19.8 Å². The molecule has 0 saturated carbocycles. The molecule has 33 heavy (non-hydrogen) atoms. The molecule has 0 aliphatic rings. The van der Waals surface area contributed by atoms with Crippen molar-refractivity contribution < 1.29 is 30.0 Å². The third kappa shape index (κ3) is 15.7. The van der Waals surface area contributed by atoms with Crippen LogP contribution in [0, 0.1) is 23.7 Å². The minimum atomic E-state index is -0.879. The molecule has 2 aromatic carbocycles. The number of benzene rings is 2. The molecule has 0 aliphatic carbocycles. The molecule has 184 valence electrons. The minimum absolute atomic E-state index is 0.257. The molecule has 0 amide bonds. The highest BCUT2D eigenvalue weighted by atomic mass is 16.4. The first-order chi connectivity index (χ1) is 15.6. The molecule has 2 unspecified atom stereocenters. The predicted molar refractivity (Wildman–Crippen MR) is 131 cm³/mol. The average molecular weight is 461 g/mol. The largest absolute Gasteiger partial charge is 0.478 e. The van der Waals surface area contributed by atoms with E-state index in [-0.39, 0.29) is 13.2 Å². The van der Waals surface area contributed by atoms with Gasteiger partial charge in [-0.1, -0.05) is 64.1 Å².